The molecule has 140 valence electrons. The summed E-state index contributed by atoms with van der Waals surface area (Å²) in [4.78, 5) is 14.6. The summed E-state index contributed by atoms with van der Waals surface area (Å²) in [5.74, 6) is -0.409. The van der Waals surface area contributed by atoms with E-state index in [2.05, 4.69) is 25.7 Å². The summed E-state index contributed by atoms with van der Waals surface area (Å²) < 4.78 is 1.89. The zero-order chi connectivity index (χ0) is 19.8. The summed E-state index contributed by atoms with van der Waals surface area (Å²) >= 11 is 5.85. The van der Waals surface area contributed by atoms with Gasteiger partial charge in [-0.25, -0.2) is 5.43 Å². The summed E-state index contributed by atoms with van der Waals surface area (Å²) in [6, 6.07) is 10.1. The van der Waals surface area contributed by atoms with Crippen molar-refractivity contribution in [1.29, 1.82) is 0 Å². The highest BCUT2D eigenvalue weighted by atomic mass is 35.5. The Hall–Kier alpha value is -3.79. The number of phenols is 1. The minimum Gasteiger partial charge on any atom is -0.502 e. The SMILES string of the molecule is Cn1c2ccccc2c2nnc(NN=Cc3cc(Cl)cc([N+](=O)[O-])c3O)nc21. The molecular formula is C17H12ClN7O3. The number of phenolic OH excluding ortho intramolecular Hbond substituents is 1. The second-order valence-corrected chi connectivity index (χ2v) is 6.31. The monoisotopic (exact) mass is 397 g/mol. The van der Waals surface area contributed by atoms with Crippen molar-refractivity contribution < 1.29 is 10.0 Å². The van der Waals surface area contributed by atoms with Gasteiger partial charge in [0.2, 0.25) is 5.75 Å². The van der Waals surface area contributed by atoms with Crippen molar-refractivity contribution in [2.75, 3.05) is 5.43 Å². The number of benzene rings is 2. The third-order valence-corrected chi connectivity index (χ3v) is 4.37. The lowest BCUT2D eigenvalue weighted by Gasteiger charge is -2.02. The van der Waals surface area contributed by atoms with E-state index in [1.54, 1.807) is 0 Å². The van der Waals surface area contributed by atoms with Crippen LogP contribution in [0.3, 0.4) is 0 Å². The van der Waals surface area contributed by atoms with Gasteiger partial charge in [-0.2, -0.15) is 10.1 Å². The van der Waals surface area contributed by atoms with Gasteiger partial charge in [-0.1, -0.05) is 29.8 Å². The van der Waals surface area contributed by atoms with Crippen LogP contribution in [0, 0.1) is 10.1 Å². The van der Waals surface area contributed by atoms with Crippen LogP contribution >= 0.6 is 11.6 Å². The largest absolute Gasteiger partial charge is 0.502 e. The quantitative estimate of drug-likeness (QED) is 0.307. The number of aryl methyl sites for hydroxylation is 1. The van der Waals surface area contributed by atoms with Gasteiger partial charge in [0.25, 0.3) is 5.95 Å². The van der Waals surface area contributed by atoms with E-state index in [-0.39, 0.29) is 16.5 Å². The van der Waals surface area contributed by atoms with Crippen molar-refractivity contribution in [3.8, 4) is 5.75 Å². The number of nitro groups is 1. The molecule has 0 unspecified atom stereocenters. The zero-order valence-electron chi connectivity index (χ0n) is 14.4. The van der Waals surface area contributed by atoms with Gasteiger partial charge in [-0.15, -0.1) is 10.2 Å². The van der Waals surface area contributed by atoms with Crippen LogP contribution in [0.15, 0.2) is 41.5 Å². The van der Waals surface area contributed by atoms with E-state index < -0.39 is 16.4 Å². The summed E-state index contributed by atoms with van der Waals surface area (Å²) in [6.45, 7) is 0. The lowest BCUT2D eigenvalue weighted by atomic mass is 10.2. The Labute approximate surface area is 162 Å². The van der Waals surface area contributed by atoms with E-state index in [1.165, 1.54) is 12.3 Å². The molecule has 2 aromatic heterocycles. The molecular weight excluding hydrogens is 386 g/mol. The average molecular weight is 398 g/mol. The summed E-state index contributed by atoms with van der Waals surface area (Å²) in [5.41, 5.74) is 4.42. The normalized spacial score (nSPS) is 11.5. The minimum absolute atomic E-state index is 0.0744. The topological polar surface area (TPSA) is 131 Å². The van der Waals surface area contributed by atoms with E-state index >= 15 is 0 Å². The number of hydrazone groups is 1. The van der Waals surface area contributed by atoms with Gasteiger partial charge >= 0.3 is 5.69 Å². The molecule has 0 atom stereocenters. The zero-order valence-corrected chi connectivity index (χ0v) is 15.1. The van der Waals surface area contributed by atoms with Crippen LogP contribution < -0.4 is 5.43 Å². The summed E-state index contributed by atoms with van der Waals surface area (Å²) in [5, 5.41) is 34.1. The van der Waals surface area contributed by atoms with E-state index in [9.17, 15) is 15.2 Å². The predicted molar refractivity (Wildman–Crippen MR) is 105 cm³/mol. The molecule has 10 nitrogen and oxygen atoms in total. The van der Waals surface area contributed by atoms with Crippen molar-refractivity contribution in [3.05, 3.63) is 57.1 Å². The Bertz CT molecular complexity index is 1270. The third kappa shape index (κ3) is 2.95. The Morgan fingerprint density at radius 2 is 2.11 bits per heavy atom. The molecule has 28 heavy (non-hydrogen) atoms. The predicted octanol–water partition coefficient (Wildman–Crippen LogP) is 3.23. The van der Waals surface area contributed by atoms with Crippen molar-refractivity contribution in [2.45, 2.75) is 0 Å². The molecule has 2 heterocycles. The maximum absolute atomic E-state index is 10.9. The van der Waals surface area contributed by atoms with Gasteiger partial charge < -0.3 is 9.67 Å². The Morgan fingerprint density at radius 1 is 1.32 bits per heavy atom. The number of aromatic hydroxyl groups is 1. The lowest BCUT2D eigenvalue weighted by Crippen LogP contribution is -2.01. The van der Waals surface area contributed by atoms with Crippen LogP contribution in [0.1, 0.15) is 5.56 Å². The van der Waals surface area contributed by atoms with Crippen LogP contribution in [0.25, 0.3) is 22.1 Å². The van der Waals surface area contributed by atoms with Gasteiger partial charge in [-0.3, -0.25) is 10.1 Å². The number of nitro benzene ring substituents is 1. The number of rotatable bonds is 4. The number of anilines is 1. The maximum Gasteiger partial charge on any atom is 0.312 e. The van der Waals surface area contributed by atoms with Crippen molar-refractivity contribution in [2.24, 2.45) is 12.1 Å². The van der Waals surface area contributed by atoms with E-state index in [1.807, 2.05) is 35.9 Å². The molecule has 0 bridgehead atoms. The number of aromatic nitrogens is 4. The standard InChI is InChI=1S/C17H12ClN7O3/c1-24-12-5-3-2-4-11(12)14-16(24)20-17(23-21-14)22-19-8-9-6-10(18)7-13(15(9)26)25(27)28/h2-8,26H,1H3,(H,20,22,23). The molecule has 2 N–H and O–H groups in total. The fourth-order valence-electron chi connectivity index (χ4n) is 2.86. The van der Waals surface area contributed by atoms with Crippen LogP contribution in [0.2, 0.25) is 5.02 Å². The number of hydrogen-bond donors (Lipinski definition) is 2. The lowest BCUT2D eigenvalue weighted by molar-refractivity contribution is -0.385. The molecule has 0 saturated carbocycles. The van der Waals surface area contributed by atoms with Gasteiger partial charge in [0.05, 0.1) is 16.7 Å². The Morgan fingerprint density at radius 3 is 2.89 bits per heavy atom. The molecule has 11 heteroatoms. The third-order valence-electron chi connectivity index (χ3n) is 4.16. The number of hydrogen-bond acceptors (Lipinski definition) is 8. The minimum atomic E-state index is -0.729. The molecule has 0 aliphatic carbocycles. The van der Waals surface area contributed by atoms with Crippen molar-refractivity contribution >= 4 is 51.5 Å². The maximum atomic E-state index is 10.9. The second kappa shape index (κ2) is 6.74. The smallest absolute Gasteiger partial charge is 0.312 e. The molecule has 4 rings (SSSR count). The van der Waals surface area contributed by atoms with Gasteiger partial charge in [0.1, 0.15) is 5.52 Å². The summed E-state index contributed by atoms with van der Waals surface area (Å²) in [6.07, 6.45) is 1.18. The van der Waals surface area contributed by atoms with Crippen LogP contribution in [-0.4, -0.2) is 36.0 Å². The number of para-hydroxylation sites is 1. The first-order valence-electron chi connectivity index (χ1n) is 7.99. The van der Waals surface area contributed by atoms with Crippen LogP contribution in [0.4, 0.5) is 11.6 Å². The fourth-order valence-corrected chi connectivity index (χ4v) is 3.08. The molecule has 0 aliphatic heterocycles. The van der Waals surface area contributed by atoms with Gasteiger partial charge in [0, 0.05) is 29.1 Å². The molecule has 0 radical (unpaired) electrons. The average Bonchev–Trinajstić information content (AvgIpc) is 2.96. The molecule has 0 saturated heterocycles. The Kier molecular flexibility index (Phi) is 4.24. The van der Waals surface area contributed by atoms with Gasteiger partial charge in [-0.05, 0) is 12.1 Å². The van der Waals surface area contributed by atoms with Crippen molar-refractivity contribution in [3.63, 3.8) is 0 Å². The Balaban J connectivity index is 1.65. The number of halogens is 1. The molecule has 0 spiro atoms. The van der Waals surface area contributed by atoms with E-state index in [4.69, 9.17) is 11.6 Å². The molecule has 0 amide bonds. The van der Waals surface area contributed by atoms with Crippen molar-refractivity contribution in [1.82, 2.24) is 19.7 Å². The number of nitrogens with one attached hydrogen (secondary N) is 1. The van der Waals surface area contributed by atoms with E-state index in [0.29, 0.717) is 11.2 Å². The van der Waals surface area contributed by atoms with E-state index in [0.717, 1.165) is 17.0 Å². The first kappa shape index (κ1) is 17.6. The molecule has 4 aromatic rings. The molecule has 0 aliphatic rings. The highest BCUT2D eigenvalue weighted by Crippen LogP contribution is 2.32. The first-order valence-corrected chi connectivity index (χ1v) is 8.37. The second-order valence-electron chi connectivity index (χ2n) is 5.87. The highest BCUT2D eigenvalue weighted by molar-refractivity contribution is 6.31. The van der Waals surface area contributed by atoms with Gasteiger partial charge in [0.15, 0.2) is 5.65 Å². The van der Waals surface area contributed by atoms with Crippen LogP contribution in [0.5, 0.6) is 5.75 Å². The fraction of sp³-hybridized carbons (Fsp3) is 0.0588. The molecule has 0 fully saturated rings. The van der Waals surface area contributed by atoms with Crippen LogP contribution in [-0.2, 0) is 7.05 Å². The number of fused-ring (bicyclic) bond motifs is 3. The first-order chi connectivity index (χ1) is 13.5. The number of nitrogens with zero attached hydrogens (tertiary/aromatic N) is 6. The highest BCUT2D eigenvalue weighted by Gasteiger charge is 2.18. The molecule has 2 aromatic carbocycles. The summed E-state index contributed by atoms with van der Waals surface area (Å²) in [7, 11) is 1.87.